The van der Waals surface area contributed by atoms with E-state index in [0.29, 0.717) is 10.8 Å². The highest BCUT2D eigenvalue weighted by Crippen LogP contribution is 2.36. The number of benzene rings is 2. The van der Waals surface area contributed by atoms with E-state index in [0.717, 1.165) is 19.0 Å². The number of nitrogens with one attached hydrogen (secondary N) is 1. The minimum Gasteiger partial charge on any atom is -0.481 e. The fourth-order valence-electron chi connectivity index (χ4n) is 1.56. The van der Waals surface area contributed by atoms with Gasteiger partial charge in [-0.05, 0) is 61.7 Å². The minimum atomic E-state index is -0.364. The zero-order chi connectivity index (χ0) is 16.8. The molecule has 23 heavy (non-hydrogen) atoms. The zero-order valence-corrected chi connectivity index (χ0v) is 17.0. The van der Waals surface area contributed by atoms with Gasteiger partial charge in [0, 0.05) is 9.50 Å². The molecule has 0 aliphatic carbocycles. The van der Waals surface area contributed by atoms with Crippen molar-refractivity contribution in [1.82, 2.24) is 5.43 Å². The summed E-state index contributed by atoms with van der Waals surface area (Å²) in [7, 11) is 0. The number of hydrogen-bond donors (Lipinski definition) is 1. The molecule has 0 aliphatic heterocycles. The minimum absolute atomic E-state index is 0.156. The molecule has 120 valence electrons. The number of hydrazone groups is 1. The molecule has 0 spiro atoms. The van der Waals surface area contributed by atoms with E-state index in [1.807, 2.05) is 12.1 Å². The van der Waals surface area contributed by atoms with Crippen molar-refractivity contribution in [2.24, 2.45) is 5.10 Å². The third-order valence-corrected chi connectivity index (χ3v) is 4.47. The Morgan fingerprint density at radius 3 is 2.39 bits per heavy atom. The van der Waals surface area contributed by atoms with Gasteiger partial charge in [-0.15, -0.1) is 0 Å². The summed E-state index contributed by atoms with van der Waals surface area (Å²) in [6.45, 7) is -0.156. The summed E-state index contributed by atoms with van der Waals surface area (Å²) in [4.78, 5) is 11.7. The summed E-state index contributed by atoms with van der Waals surface area (Å²) in [5.41, 5.74) is 3.23. The van der Waals surface area contributed by atoms with Crippen molar-refractivity contribution >= 4 is 71.5 Å². The van der Waals surface area contributed by atoms with E-state index in [9.17, 15) is 4.79 Å². The van der Waals surface area contributed by atoms with Crippen molar-refractivity contribution in [3.8, 4) is 5.75 Å². The lowest BCUT2D eigenvalue weighted by molar-refractivity contribution is -0.123. The smallest absolute Gasteiger partial charge is 0.277 e. The molecule has 0 radical (unpaired) electrons. The van der Waals surface area contributed by atoms with Crippen LogP contribution in [-0.2, 0) is 4.79 Å². The van der Waals surface area contributed by atoms with Gasteiger partial charge in [-0.2, -0.15) is 5.10 Å². The molecule has 2 rings (SSSR count). The Labute approximate surface area is 163 Å². The van der Waals surface area contributed by atoms with E-state index in [1.54, 1.807) is 24.3 Å². The molecule has 0 heterocycles. The van der Waals surface area contributed by atoms with Gasteiger partial charge in [-0.1, -0.05) is 39.7 Å². The van der Waals surface area contributed by atoms with Gasteiger partial charge in [-0.25, -0.2) is 5.43 Å². The van der Waals surface area contributed by atoms with Crippen molar-refractivity contribution in [1.29, 1.82) is 0 Å². The van der Waals surface area contributed by atoms with E-state index in [-0.39, 0.29) is 12.5 Å². The maximum atomic E-state index is 11.7. The van der Waals surface area contributed by atoms with Gasteiger partial charge in [-0.3, -0.25) is 4.79 Å². The van der Waals surface area contributed by atoms with Crippen LogP contribution in [0.15, 0.2) is 54.9 Å². The Morgan fingerprint density at radius 2 is 1.78 bits per heavy atom. The number of nitrogens with zero attached hydrogens (tertiary/aromatic N) is 1. The first-order valence-corrected chi connectivity index (χ1v) is 9.06. The Balaban J connectivity index is 1.87. The molecule has 2 aromatic carbocycles. The van der Waals surface area contributed by atoms with Crippen LogP contribution in [0.4, 0.5) is 0 Å². The van der Waals surface area contributed by atoms with E-state index in [4.69, 9.17) is 16.3 Å². The van der Waals surface area contributed by atoms with Gasteiger partial charge in [0.05, 0.1) is 15.2 Å². The SMILES string of the molecule is O=C(COc1c(Br)cc(Br)cc1Br)N/N=C\c1ccc(Cl)cc1. The van der Waals surface area contributed by atoms with Crippen molar-refractivity contribution in [2.75, 3.05) is 6.61 Å². The fraction of sp³-hybridized carbons (Fsp3) is 0.0667. The van der Waals surface area contributed by atoms with Crippen molar-refractivity contribution in [3.05, 3.63) is 60.4 Å². The lowest BCUT2D eigenvalue weighted by Gasteiger charge is -2.09. The molecule has 0 saturated carbocycles. The lowest BCUT2D eigenvalue weighted by Crippen LogP contribution is -2.24. The second-order valence-corrected chi connectivity index (χ2v) is 7.39. The van der Waals surface area contributed by atoms with E-state index in [2.05, 4.69) is 58.3 Å². The standard InChI is InChI=1S/C15H10Br3ClN2O2/c16-10-5-12(17)15(13(18)6-10)23-8-14(22)21-20-7-9-1-3-11(19)4-2-9/h1-7H,8H2,(H,21,22)/b20-7-. The topological polar surface area (TPSA) is 50.7 Å². The van der Waals surface area contributed by atoms with Crippen LogP contribution >= 0.6 is 59.4 Å². The third kappa shape index (κ3) is 5.91. The van der Waals surface area contributed by atoms with Crippen LogP contribution < -0.4 is 10.2 Å². The average molecular weight is 525 g/mol. The highest BCUT2D eigenvalue weighted by Gasteiger charge is 2.10. The predicted octanol–water partition coefficient (Wildman–Crippen LogP) is 5.16. The van der Waals surface area contributed by atoms with Crippen LogP contribution in [-0.4, -0.2) is 18.7 Å². The van der Waals surface area contributed by atoms with Crippen LogP contribution in [0.5, 0.6) is 5.75 Å². The molecule has 8 heteroatoms. The molecule has 0 atom stereocenters. The maximum absolute atomic E-state index is 11.7. The molecule has 4 nitrogen and oxygen atoms in total. The second kappa shape index (κ2) is 8.82. The molecule has 0 saturated heterocycles. The molecule has 1 amide bonds. The maximum Gasteiger partial charge on any atom is 0.277 e. The number of amides is 1. The van der Waals surface area contributed by atoms with E-state index in [1.165, 1.54) is 6.21 Å². The molecule has 0 aliphatic rings. The fourth-order valence-corrected chi connectivity index (χ4v) is 4.18. The Hall–Kier alpha value is -0.890. The van der Waals surface area contributed by atoms with Crippen LogP contribution in [0.3, 0.4) is 0 Å². The van der Waals surface area contributed by atoms with Crippen LogP contribution in [0, 0.1) is 0 Å². The van der Waals surface area contributed by atoms with Crippen molar-refractivity contribution in [3.63, 3.8) is 0 Å². The summed E-state index contributed by atoms with van der Waals surface area (Å²) >= 11 is 15.9. The monoisotopic (exact) mass is 522 g/mol. The van der Waals surface area contributed by atoms with E-state index < -0.39 is 0 Å². The number of hydrogen-bond acceptors (Lipinski definition) is 3. The largest absolute Gasteiger partial charge is 0.481 e. The lowest BCUT2D eigenvalue weighted by atomic mass is 10.2. The Bertz CT molecular complexity index is 713. The summed E-state index contributed by atoms with van der Waals surface area (Å²) in [5.74, 6) is 0.182. The number of carbonyl (C=O) groups is 1. The molecule has 0 aromatic heterocycles. The Kier molecular flexibility index (Phi) is 7.08. The first kappa shape index (κ1) is 18.4. The quantitative estimate of drug-likeness (QED) is 0.434. The predicted molar refractivity (Wildman–Crippen MR) is 102 cm³/mol. The van der Waals surface area contributed by atoms with Gasteiger partial charge in [0.1, 0.15) is 5.75 Å². The van der Waals surface area contributed by atoms with Crippen LogP contribution in [0.2, 0.25) is 5.02 Å². The first-order valence-electron chi connectivity index (χ1n) is 6.30. The molecule has 0 unspecified atom stereocenters. The van der Waals surface area contributed by atoms with Gasteiger partial charge >= 0.3 is 0 Å². The van der Waals surface area contributed by atoms with Gasteiger partial charge in [0.25, 0.3) is 5.91 Å². The summed E-state index contributed by atoms with van der Waals surface area (Å²) in [6, 6.07) is 10.7. The molecular formula is C15H10Br3ClN2O2. The van der Waals surface area contributed by atoms with Gasteiger partial charge < -0.3 is 4.74 Å². The van der Waals surface area contributed by atoms with Gasteiger partial charge in [0.15, 0.2) is 6.61 Å². The first-order chi connectivity index (χ1) is 11.0. The number of carbonyl (C=O) groups excluding carboxylic acids is 1. The zero-order valence-electron chi connectivity index (χ0n) is 11.5. The highest BCUT2D eigenvalue weighted by molar-refractivity contribution is 9.11. The average Bonchev–Trinajstić information content (AvgIpc) is 2.48. The number of ether oxygens (including phenoxy) is 1. The summed E-state index contributed by atoms with van der Waals surface area (Å²) in [5, 5.41) is 4.51. The molecule has 1 N–H and O–H groups in total. The number of rotatable bonds is 5. The van der Waals surface area contributed by atoms with Crippen LogP contribution in [0.25, 0.3) is 0 Å². The molecule has 0 bridgehead atoms. The van der Waals surface area contributed by atoms with Crippen LogP contribution in [0.1, 0.15) is 5.56 Å². The number of halogens is 4. The van der Waals surface area contributed by atoms with Gasteiger partial charge in [0.2, 0.25) is 0 Å². The molecular weight excluding hydrogens is 515 g/mol. The van der Waals surface area contributed by atoms with Crippen molar-refractivity contribution < 1.29 is 9.53 Å². The normalized spacial score (nSPS) is 10.8. The Morgan fingerprint density at radius 1 is 1.17 bits per heavy atom. The molecule has 2 aromatic rings. The highest BCUT2D eigenvalue weighted by atomic mass is 79.9. The summed E-state index contributed by atoms with van der Waals surface area (Å²) < 4.78 is 7.84. The van der Waals surface area contributed by atoms with Crippen molar-refractivity contribution in [2.45, 2.75) is 0 Å². The molecule has 0 fully saturated rings. The summed E-state index contributed by atoms with van der Waals surface area (Å²) in [6.07, 6.45) is 1.53. The second-order valence-electron chi connectivity index (χ2n) is 4.33. The van der Waals surface area contributed by atoms with E-state index >= 15 is 0 Å². The third-order valence-electron chi connectivity index (χ3n) is 2.58.